The van der Waals surface area contributed by atoms with Crippen molar-refractivity contribution in [2.24, 2.45) is 5.73 Å². The molecule has 0 saturated carbocycles. The highest BCUT2D eigenvalue weighted by atomic mass is 35.5. The number of hydrogen-bond acceptors (Lipinski definition) is 1. The summed E-state index contributed by atoms with van der Waals surface area (Å²) in [6.07, 6.45) is 0. The zero-order valence-corrected chi connectivity index (χ0v) is 9.74. The quantitative estimate of drug-likeness (QED) is 0.769. The fraction of sp³-hybridized carbons (Fsp3) is 0.0714. The van der Waals surface area contributed by atoms with Crippen molar-refractivity contribution in [1.29, 1.82) is 0 Å². The number of alkyl halides is 1. The normalized spacial score (nSPS) is 15.1. The van der Waals surface area contributed by atoms with Crippen molar-refractivity contribution in [2.45, 2.75) is 4.87 Å². The van der Waals surface area contributed by atoms with Crippen molar-refractivity contribution in [3.05, 3.63) is 59.7 Å². The highest BCUT2D eigenvalue weighted by Crippen LogP contribution is 2.50. The smallest absolute Gasteiger partial charge is 0.247 e. The maximum absolute atomic E-state index is 11.7. The van der Waals surface area contributed by atoms with Gasteiger partial charge in [-0.2, -0.15) is 0 Å². The maximum atomic E-state index is 11.7. The molecular weight excluding hydrogens is 234 g/mol. The monoisotopic (exact) mass is 243 g/mol. The lowest BCUT2D eigenvalue weighted by Gasteiger charge is -2.20. The van der Waals surface area contributed by atoms with Gasteiger partial charge in [0.05, 0.1) is 0 Å². The summed E-state index contributed by atoms with van der Waals surface area (Å²) in [5.41, 5.74) is 9.00. The highest BCUT2D eigenvalue weighted by Gasteiger charge is 2.46. The fourth-order valence-electron chi connectivity index (χ4n) is 2.45. The van der Waals surface area contributed by atoms with Crippen LogP contribution in [0.3, 0.4) is 0 Å². The van der Waals surface area contributed by atoms with E-state index in [9.17, 15) is 4.79 Å². The minimum absolute atomic E-state index is 0.531. The van der Waals surface area contributed by atoms with Crippen molar-refractivity contribution in [1.82, 2.24) is 0 Å². The Labute approximate surface area is 104 Å². The zero-order valence-electron chi connectivity index (χ0n) is 8.98. The van der Waals surface area contributed by atoms with E-state index in [1.807, 2.05) is 48.5 Å². The van der Waals surface area contributed by atoms with Gasteiger partial charge in [-0.1, -0.05) is 60.1 Å². The molecule has 0 fully saturated rings. The Morgan fingerprint density at radius 1 is 0.941 bits per heavy atom. The lowest BCUT2D eigenvalue weighted by atomic mass is 9.95. The van der Waals surface area contributed by atoms with Crippen LogP contribution in [0, 0.1) is 0 Å². The van der Waals surface area contributed by atoms with Crippen molar-refractivity contribution in [2.75, 3.05) is 0 Å². The van der Waals surface area contributed by atoms with Crippen LogP contribution in [0.15, 0.2) is 48.5 Å². The summed E-state index contributed by atoms with van der Waals surface area (Å²) < 4.78 is 0. The minimum atomic E-state index is -1.23. The molecule has 1 aliphatic carbocycles. The molecule has 0 aliphatic heterocycles. The molecule has 0 atom stereocenters. The molecule has 2 aromatic carbocycles. The molecule has 0 heterocycles. The van der Waals surface area contributed by atoms with E-state index in [0.717, 1.165) is 22.3 Å². The summed E-state index contributed by atoms with van der Waals surface area (Å²) in [6, 6.07) is 15.2. The third-order valence-corrected chi connectivity index (χ3v) is 3.82. The Morgan fingerprint density at radius 2 is 1.35 bits per heavy atom. The van der Waals surface area contributed by atoms with Crippen molar-refractivity contribution >= 4 is 17.5 Å². The first-order chi connectivity index (χ1) is 8.15. The predicted molar refractivity (Wildman–Crippen MR) is 67.7 cm³/mol. The SMILES string of the molecule is NC(=O)C1(Cl)c2ccccc2-c2ccccc21. The average molecular weight is 244 g/mol. The summed E-state index contributed by atoms with van der Waals surface area (Å²) in [6.45, 7) is 0. The summed E-state index contributed by atoms with van der Waals surface area (Å²) in [5, 5.41) is 0. The number of rotatable bonds is 1. The molecule has 1 amide bonds. The zero-order chi connectivity index (χ0) is 12.0. The largest absolute Gasteiger partial charge is 0.368 e. The van der Waals surface area contributed by atoms with Crippen LogP contribution in [0.4, 0.5) is 0 Å². The predicted octanol–water partition coefficient (Wildman–Crippen LogP) is 2.63. The molecule has 0 radical (unpaired) electrons. The van der Waals surface area contributed by atoms with Gasteiger partial charge in [-0.05, 0) is 22.3 Å². The van der Waals surface area contributed by atoms with Gasteiger partial charge < -0.3 is 5.73 Å². The van der Waals surface area contributed by atoms with Crippen molar-refractivity contribution in [3.8, 4) is 11.1 Å². The number of fused-ring (bicyclic) bond motifs is 3. The van der Waals surface area contributed by atoms with Gasteiger partial charge in [0.2, 0.25) is 5.91 Å². The third-order valence-electron chi connectivity index (χ3n) is 3.23. The lowest BCUT2D eigenvalue weighted by Crippen LogP contribution is -2.35. The first-order valence-electron chi connectivity index (χ1n) is 5.34. The number of halogens is 1. The summed E-state index contributed by atoms with van der Waals surface area (Å²) >= 11 is 6.49. The Hall–Kier alpha value is -1.80. The lowest BCUT2D eigenvalue weighted by molar-refractivity contribution is -0.119. The van der Waals surface area contributed by atoms with Gasteiger partial charge in [-0.3, -0.25) is 4.79 Å². The first kappa shape index (κ1) is 10.4. The van der Waals surface area contributed by atoms with E-state index < -0.39 is 10.8 Å². The summed E-state index contributed by atoms with van der Waals surface area (Å²) in [5.74, 6) is -0.531. The van der Waals surface area contributed by atoms with Crippen LogP contribution in [0.5, 0.6) is 0 Å². The number of carbonyl (C=O) groups is 1. The molecule has 3 heteroatoms. The topological polar surface area (TPSA) is 43.1 Å². The molecule has 17 heavy (non-hydrogen) atoms. The molecular formula is C14H10ClNO. The molecule has 0 bridgehead atoms. The standard InChI is InChI=1S/C14H10ClNO/c15-14(13(16)17)11-7-3-1-5-9(11)10-6-2-4-8-12(10)14/h1-8H,(H2,16,17). The van der Waals surface area contributed by atoms with E-state index in [0.29, 0.717) is 0 Å². The highest BCUT2D eigenvalue weighted by molar-refractivity contribution is 6.38. The summed E-state index contributed by atoms with van der Waals surface area (Å²) in [7, 11) is 0. The number of amides is 1. The Kier molecular flexibility index (Phi) is 2.04. The Morgan fingerprint density at radius 3 is 1.76 bits per heavy atom. The molecule has 2 aromatic rings. The van der Waals surface area contributed by atoms with Gasteiger partial charge in [-0.25, -0.2) is 0 Å². The van der Waals surface area contributed by atoms with Crippen LogP contribution >= 0.6 is 11.6 Å². The second-order valence-electron chi connectivity index (χ2n) is 4.11. The maximum Gasteiger partial charge on any atom is 0.247 e. The molecule has 3 rings (SSSR count). The second kappa shape index (κ2) is 3.34. The van der Waals surface area contributed by atoms with E-state index in [-0.39, 0.29) is 0 Å². The second-order valence-corrected chi connectivity index (χ2v) is 4.68. The molecule has 0 aromatic heterocycles. The van der Waals surface area contributed by atoms with E-state index in [1.54, 1.807) is 0 Å². The molecule has 84 valence electrons. The van der Waals surface area contributed by atoms with Crippen LogP contribution in [-0.2, 0) is 9.67 Å². The average Bonchev–Trinajstić information content (AvgIpc) is 2.63. The van der Waals surface area contributed by atoms with Crippen molar-refractivity contribution < 1.29 is 4.79 Å². The molecule has 2 N–H and O–H groups in total. The number of primary amides is 1. The molecule has 1 aliphatic rings. The number of carbonyl (C=O) groups excluding carboxylic acids is 1. The molecule has 0 saturated heterocycles. The van der Waals surface area contributed by atoms with E-state index >= 15 is 0 Å². The van der Waals surface area contributed by atoms with Crippen LogP contribution in [0.1, 0.15) is 11.1 Å². The van der Waals surface area contributed by atoms with Crippen LogP contribution in [0.25, 0.3) is 11.1 Å². The van der Waals surface area contributed by atoms with Crippen molar-refractivity contribution in [3.63, 3.8) is 0 Å². The van der Waals surface area contributed by atoms with Gasteiger partial charge >= 0.3 is 0 Å². The van der Waals surface area contributed by atoms with E-state index in [4.69, 9.17) is 17.3 Å². The van der Waals surface area contributed by atoms with Crippen LogP contribution in [-0.4, -0.2) is 5.91 Å². The number of nitrogens with two attached hydrogens (primary N) is 1. The number of benzene rings is 2. The molecule has 0 spiro atoms. The third kappa shape index (κ3) is 1.19. The summed E-state index contributed by atoms with van der Waals surface area (Å²) in [4.78, 5) is 10.5. The first-order valence-corrected chi connectivity index (χ1v) is 5.71. The Bertz CT molecular complexity index is 576. The van der Waals surface area contributed by atoms with E-state index in [2.05, 4.69) is 0 Å². The molecule has 2 nitrogen and oxygen atoms in total. The Balaban J connectivity index is 2.43. The fourth-order valence-corrected chi connectivity index (χ4v) is 2.78. The van der Waals surface area contributed by atoms with Gasteiger partial charge in [0.15, 0.2) is 4.87 Å². The van der Waals surface area contributed by atoms with Gasteiger partial charge in [0.1, 0.15) is 0 Å². The van der Waals surface area contributed by atoms with E-state index in [1.165, 1.54) is 0 Å². The van der Waals surface area contributed by atoms with Crippen LogP contribution in [0.2, 0.25) is 0 Å². The number of hydrogen-bond donors (Lipinski definition) is 1. The van der Waals surface area contributed by atoms with Gasteiger partial charge in [0.25, 0.3) is 0 Å². The minimum Gasteiger partial charge on any atom is -0.368 e. The van der Waals surface area contributed by atoms with Crippen LogP contribution < -0.4 is 5.73 Å². The van der Waals surface area contributed by atoms with Gasteiger partial charge in [0, 0.05) is 0 Å². The van der Waals surface area contributed by atoms with Gasteiger partial charge in [-0.15, -0.1) is 0 Å². The molecule has 0 unspecified atom stereocenters.